The summed E-state index contributed by atoms with van der Waals surface area (Å²) in [5.74, 6) is 0.627. The number of Topliss-reactive ketones (excluding diaryl/α,β-unsaturated/α-hetero) is 1. The summed E-state index contributed by atoms with van der Waals surface area (Å²) in [7, 11) is 0. The summed E-state index contributed by atoms with van der Waals surface area (Å²) >= 11 is 0. The smallest absolute Gasteiger partial charge is 0.162 e. The van der Waals surface area contributed by atoms with Gasteiger partial charge in [0.25, 0.3) is 0 Å². The fourth-order valence-electron chi connectivity index (χ4n) is 2.40. The van der Waals surface area contributed by atoms with Crippen LogP contribution in [-0.2, 0) is 0 Å². The molecule has 5 nitrogen and oxygen atoms in total. The van der Waals surface area contributed by atoms with Gasteiger partial charge in [0.2, 0.25) is 0 Å². The highest BCUT2D eigenvalue weighted by Gasteiger charge is 2.10. The molecule has 0 atom stereocenters. The number of piperazine rings is 1. The van der Waals surface area contributed by atoms with Crippen molar-refractivity contribution in [2.75, 3.05) is 31.1 Å². The number of ketones is 1. The van der Waals surface area contributed by atoms with Crippen molar-refractivity contribution in [1.29, 1.82) is 0 Å². The standard InChI is InChI=1S/C16H18N4O/c1-12(21)14-10-18-16(19-11-14)13-2-4-15(5-3-13)20-8-6-17-7-9-20/h2-5,10-11,17H,6-9H2,1H3. The number of aromatic nitrogens is 2. The molecule has 1 saturated heterocycles. The van der Waals surface area contributed by atoms with E-state index in [1.807, 2.05) is 12.1 Å². The molecule has 0 bridgehead atoms. The molecule has 0 unspecified atom stereocenters. The first-order chi connectivity index (χ1) is 10.2. The third-order valence-electron chi connectivity index (χ3n) is 3.67. The van der Waals surface area contributed by atoms with E-state index in [0.717, 1.165) is 31.7 Å². The molecule has 1 aromatic carbocycles. The van der Waals surface area contributed by atoms with Crippen molar-refractivity contribution in [1.82, 2.24) is 15.3 Å². The molecule has 2 heterocycles. The normalized spacial score (nSPS) is 15.0. The Balaban J connectivity index is 1.78. The molecule has 1 aromatic heterocycles. The largest absolute Gasteiger partial charge is 0.369 e. The third kappa shape index (κ3) is 3.08. The van der Waals surface area contributed by atoms with E-state index in [4.69, 9.17) is 0 Å². The van der Waals surface area contributed by atoms with Crippen LogP contribution in [0.1, 0.15) is 17.3 Å². The molecular formula is C16H18N4O. The highest BCUT2D eigenvalue weighted by atomic mass is 16.1. The molecule has 2 aromatic rings. The van der Waals surface area contributed by atoms with Gasteiger partial charge in [-0.05, 0) is 31.2 Å². The minimum Gasteiger partial charge on any atom is -0.369 e. The Labute approximate surface area is 124 Å². The summed E-state index contributed by atoms with van der Waals surface area (Å²) in [6.07, 6.45) is 3.16. The van der Waals surface area contributed by atoms with Crippen LogP contribution in [0.2, 0.25) is 0 Å². The van der Waals surface area contributed by atoms with Crippen LogP contribution >= 0.6 is 0 Å². The Bertz CT molecular complexity index is 616. The van der Waals surface area contributed by atoms with E-state index in [0.29, 0.717) is 11.4 Å². The lowest BCUT2D eigenvalue weighted by molar-refractivity contribution is 0.101. The minimum atomic E-state index is -0.0180. The monoisotopic (exact) mass is 282 g/mol. The maximum Gasteiger partial charge on any atom is 0.162 e. The van der Waals surface area contributed by atoms with Crippen molar-refractivity contribution in [3.8, 4) is 11.4 Å². The predicted octanol–water partition coefficient (Wildman–Crippen LogP) is 1.76. The van der Waals surface area contributed by atoms with Crippen LogP contribution < -0.4 is 10.2 Å². The number of carbonyl (C=O) groups excluding carboxylic acids is 1. The summed E-state index contributed by atoms with van der Waals surface area (Å²) < 4.78 is 0. The predicted molar refractivity (Wildman–Crippen MR) is 82.6 cm³/mol. The number of anilines is 1. The molecule has 1 N–H and O–H groups in total. The third-order valence-corrected chi connectivity index (χ3v) is 3.67. The van der Waals surface area contributed by atoms with E-state index in [2.05, 4.69) is 32.3 Å². The van der Waals surface area contributed by atoms with Gasteiger partial charge in [-0.1, -0.05) is 0 Å². The zero-order chi connectivity index (χ0) is 14.7. The first-order valence-electron chi connectivity index (χ1n) is 7.13. The van der Waals surface area contributed by atoms with Gasteiger partial charge in [-0.2, -0.15) is 0 Å². The molecule has 1 aliphatic rings. The molecule has 0 spiro atoms. The van der Waals surface area contributed by atoms with Crippen LogP contribution in [0, 0.1) is 0 Å². The number of benzene rings is 1. The van der Waals surface area contributed by atoms with Crippen LogP contribution in [0.4, 0.5) is 5.69 Å². The zero-order valence-electron chi connectivity index (χ0n) is 12.0. The van der Waals surface area contributed by atoms with E-state index >= 15 is 0 Å². The van der Waals surface area contributed by atoms with Gasteiger partial charge < -0.3 is 10.2 Å². The Kier molecular flexibility index (Phi) is 3.92. The molecule has 0 radical (unpaired) electrons. The Morgan fingerprint density at radius 2 is 1.71 bits per heavy atom. The van der Waals surface area contributed by atoms with Gasteiger partial charge in [0.1, 0.15) is 0 Å². The molecule has 1 aliphatic heterocycles. The van der Waals surface area contributed by atoms with Crippen molar-refractivity contribution < 1.29 is 4.79 Å². The van der Waals surface area contributed by atoms with Gasteiger partial charge in [-0.3, -0.25) is 4.79 Å². The van der Waals surface area contributed by atoms with Gasteiger partial charge in [0.05, 0.1) is 5.56 Å². The second kappa shape index (κ2) is 6.01. The molecule has 1 fully saturated rings. The van der Waals surface area contributed by atoms with Crippen molar-refractivity contribution in [3.63, 3.8) is 0 Å². The zero-order valence-corrected chi connectivity index (χ0v) is 12.0. The van der Waals surface area contributed by atoms with Gasteiger partial charge in [0, 0.05) is 49.8 Å². The van der Waals surface area contributed by atoms with Gasteiger partial charge in [-0.25, -0.2) is 9.97 Å². The van der Waals surface area contributed by atoms with Crippen LogP contribution in [0.25, 0.3) is 11.4 Å². The van der Waals surface area contributed by atoms with Crippen LogP contribution in [0.5, 0.6) is 0 Å². The second-order valence-electron chi connectivity index (χ2n) is 5.14. The molecule has 3 rings (SSSR count). The molecule has 0 aliphatic carbocycles. The Hall–Kier alpha value is -2.27. The average Bonchev–Trinajstić information content (AvgIpc) is 2.56. The lowest BCUT2D eigenvalue weighted by Crippen LogP contribution is -2.43. The molecule has 0 saturated carbocycles. The first kappa shape index (κ1) is 13.7. The van der Waals surface area contributed by atoms with Crippen molar-refractivity contribution in [3.05, 3.63) is 42.2 Å². The quantitative estimate of drug-likeness (QED) is 0.869. The van der Waals surface area contributed by atoms with E-state index in [1.165, 1.54) is 12.6 Å². The SMILES string of the molecule is CC(=O)c1cnc(-c2ccc(N3CCNCC3)cc2)nc1. The minimum absolute atomic E-state index is 0.0180. The van der Waals surface area contributed by atoms with E-state index < -0.39 is 0 Å². The molecule has 5 heteroatoms. The number of carbonyl (C=O) groups is 1. The molecule has 0 amide bonds. The second-order valence-corrected chi connectivity index (χ2v) is 5.14. The van der Waals surface area contributed by atoms with Crippen LogP contribution in [0.15, 0.2) is 36.7 Å². The fourth-order valence-corrected chi connectivity index (χ4v) is 2.40. The fraction of sp³-hybridized carbons (Fsp3) is 0.312. The number of nitrogens with zero attached hydrogens (tertiary/aromatic N) is 3. The summed E-state index contributed by atoms with van der Waals surface area (Å²) in [5, 5.41) is 3.35. The molecular weight excluding hydrogens is 264 g/mol. The molecule has 108 valence electrons. The lowest BCUT2D eigenvalue weighted by atomic mass is 10.1. The van der Waals surface area contributed by atoms with Crippen molar-refractivity contribution >= 4 is 11.5 Å². The highest BCUT2D eigenvalue weighted by molar-refractivity contribution is 5.93. The van der Waals surface area contributed by atoms with E-state index in [-0.39, 0.29) is 5.78 Å². The van der Waals surface area contributed by atoms with Crippen LogP contribution in [0.3, 0.4) is 0 Å². The number of hydrogen-bond acceptors (Lipinski definition) is 5. The summed E-state index contributed by atoms with van der Waals surface area (Å²) in [6.45, 7) is 5.63. The maximum atomic E-state index is 11.2. The highest BCUT2D eigenvalue weighted by Crippen LogP contribution is 2.20. The topological polar surface area (TPSA) is 58.1 Å². The van der Waals surface area contributed by atoms with Gasteiger partial charge >= 0.3 is 0 Å². The summed E-state index contributed by atoms with van der Waals surface area (Å²) in [4.78, 5) is 22.1. The van der Waals surface area contributed by atoms with Crippen molar-refractivity contribution in [2.45, 2.75) is 6.92 Å². The van der Waals surface area contributed by atoms with Crippen LogP contribution in [-0.4, -0.2) is 41.9 Å². The Morgan fingerprint density at radius 3 is 2.29 bits per heavy atom. The maximum absolute atomic E-state index is 11.2. The van der Waals surface area contributed by atoms with E-state index in [9.17, 15) is 4.79 Å². The summed E-state index contributed by atoms with van der Waals surface area (Å²) in [5.41, 5.74) is 2.72. The Morgan fingerprint density at radius 1 is 1.10 bits per heavy atom. The van der Waals surface area contributed by atoms with Gasteiger partial charge in [-0.15, -0.1) is 0 Å². The number of rotatable bonds is 3. The van der Waals surface area contributed by atoms with Crippen molar-refractivity contribution in [2.24, 2.45) is 0 Å². The number of nitrogens with one attached hydrogen (secondary N) is 1. The average molecular weight is 282 g/mol. The first-order valence-corrected chi connectivity index (χ1v) is 7.13. The summed E-state index contributed by atoms with van der Waals surface area (Å²) in [6, 6.07) is 8.26. The lowest BCUT2D eigenvalue weighted by Gasteiger charge is -2.29. The molecule has 21 heavy (non-hydrogen) atoms. The van der Waals surface area contributed by atoms with E-state index in [1.54, 1.807) is 12.4 Å². The number of hydrogen-bond donors (Lipinski definition) is 1. The van der Waals surface area contributed by atoms with Gasteiger partial charge in [0.15, 0.2) is 11.6 Å².